The third-order valence-electron chi connectivity index (χ3n) is 5.62. The van der Waals surface area contributed by atoms with Crippen LogP contribution in [-0.4, -0.2) is 84.1 Å². The van der Waals surface area contributed by atoms with Crippen molar-refractivity contribution in [2.45, 2.75) is 39.8 Å². The first kappa shape index (κ1) is 23.0. The van der Waals surface area contributed by atoms with Gasteiger partial charge in [-0.05, 0) is 33.8 Å². The highest BCUT2D eigenvalue weighted by Gasteiger charge is 2.28. The smallest absolute Gasteiger partial charge is 0.347 e. The van der Waals surface area contributed by atoms with Crippen LogP contribution >= 0.6 is 0 Å². The Morgan fingerprint density at radius 3 is 2.35 bits per heavy atom. The van der Waals surface area contributed by atoms with Gasteiger partial charge in [0.25, 0.3) is 5.91 Å². The molecule has 2 N–H and O–H groups in total. The summed E-state index contributed by atoms with van der Waals surface area (Å²) < 4.78 is 2.11. The summed E-state index contributed by atoms with van der Waals surface area (Å²) >= 11 is 0. The molecule has 0 unspecified atom stereocenters. The number of amides is 1. The summed E-state index contributed by atoms with van der Waals surface area (Å²) in [6.45, 7) is 12.5. The summed E-state index contributed by atoms with van der Waals surface area (Å²) in [6.07, 6.45) is 0. The van der Waals surface area contributed by atoms with Crippen molar-refractivity contribution in [3.05, 3.63) is 41.1 Å². The van der Waals surface area contributed by atoms with E-state index in [1.165, 1.54) is 0 Å². The van der Waals surface area contributed by atoms with Crippen molar-refractivity contribution < 1.29 is 9.37 Å². The summed E-state index contributed by atoms with van der Waals surface area (Å²) in [5.41, 5.74) is 3.28. The monoisotopic (exact) mass is 425 g/mol. The molecule has 7 nitrogen and oxygen atoms in total. The molecule has 3 rings (SSSR count). The predicted octanol–water partition coefficient (Wildman–Crippen LogP) is 2.04. The molecule has 1 aliphatic heterocycles. The highest BCUT2D eigenvalue weighted by Crippen LogP contribution is 2.26. The van der Waals surface area contributed by atoms with Gasteiger partial charge in [0.15, 0.2) is 0 Å². The predicted molar refractivity (Wildman–Crippen MR) is 127 cm³/mol. The largest absolute Gasteiger partial charge is 0.347 e. The first-order valence-electron chi connectivity index (χ1n) is 11.0. The Kier molecular flexibility index (Phi) is 6.84. The number of guanidine groups is 1. The molecule has 0 bridgehead atoms. The lowest BCUT2D eigenvalue weighted by atomic mass is 9.97. The molecule has 0 aliphatic carbocycles. The minimum Gasteiger partial charge on any atom is -0.347 e. The van der Waals surface area contributed by atoms with Gasteiger partial charge in [0.05, 0.1) is 45.3 Å². The number of carbonyl (C=O) groups is 1. The van der Waals surface area contributed by atoms with Gasteiger partial charge in [0.1, 0.15) is 0 Å². The number of rotatable bonds is 3. The fourth-order valence-corrected chi connectivity index (χ4v) is 4.24. The van der Waals surface area contributed by atoms with E-state index < -0.39 is 0 Å². The number of nitrogens with one attached hydrogen (secondary N) is 2. The zero-order valence-corrected chi connectivity index (χ0v) is 20.0. The van der Waals surface area contributed by atoms with E-state index in [1.54, 1.807) is 0 Å². The normalized spacial score (nSPS) is 15.1. The Labute approximate surface area is 186 Å². The van der Waals surface area contributed by atoms with Crippen LogP contribution < -0.4 is 10.6 Å². The maximum absolute atomic E-state index is 13.4. The van der Waals surface area contributed by atoms with Gasteiger partial charge in [-0.1, -0.05) is 18.2 Å². The number of hydrogen-bond donors (Lipinski definition) is 2. The van der Waals surface area contributed by atoms with E-state index >= 15 is 0 Å². The standard InChI is InChI=1S/C24H36N6O/c1-17-19(16-29-12-14-30(15-13-29)23(25-5)28(6)7)21(22(31)27-24(2,3)4)18-10-8-9-11-20(18)26-17/h8-11H,12-16H2,1-7H3,(H,27,31)/p+1. The molecule has 1 saturated heterocycles. The average Bonchev–Trinajstić information content (AvgIpc) is 2.68. The number of pyridine rings is 1. The van der Waals surface area contributed by atoms with Crippen LogP contribution in [0.5, 0.6) is 0 Å². The highest BCUT2D eigenvalue weighted by molar-refractivity contribution is 6.07. The van der Waals surface area contributed by atoms with Gasteiger partial charge in [-0.2, -0.15) is 0 Å². The van der Waals surface area contributed by atoms with Crippen LogP contribution in [0, 0.1) is 6.92 Å². The second-order valence-electron chi connectivity index (χ2n) is 9.50. The number of para-hydroxylation sites is 1. The average molecular weight is 426 g/mol. The van der Waals surface area contributed by atoms with E-state index in [2.05, 4.69) is 39.1 Å². The molecule has 0 atom stereocenters. The molecule has 1 aromatic carbocycles. The molecule has 2 aromatic rings. The molecule has 0 saturated carbocycles. The first-order valence-corrected chi connectivity index (χ1v) is 11.0. The Morgan fingerprint density at radius 2 is 1.77 bits per heavy atom. The molecule has 1 aliphatic rings. The van der Waals surface area contributed by atoms with Crippen LogP contribution in [0.15, 0.2) is 24.3 Å². The summed E-state index contributed by atoms with van der Waals surface area (Å²) in [5, 5.41) is 7.38. The van der Waals surface area contributed by atoms with Crippen molar-refractivity contribution in [1.29, 1.82) is 0 Å². The quantitative estimate of drug-likeness (QED) is 0.448. The fraction of sp³-hybridized carbons (Fsp3) is 0.542. The molecule has 168 valence electrons. The van der Waals surface area contributed by atoms with E-state index in [4.69, 9.17) is 4.98 Å². The lowest BCUT2D eigenvalue weighted by Gasteiger charge is -2.33. The highest BCUT2D eigenvalue weighted by atomic mass is 16.1. The number of nitrogens with zero attached hydrogens (tertiary/aromatic N) is 4. The Morgan fingerprint density at radius 1 is 1.13 bits per heavy atom. The Bertz CT molecular complexity index is 979. The van der Waals surface area contributed by atoms with Crippen LogP contribution in [0.4, 0.5) is 0 Å². The van der Waals surface area contributed by atoms with Crippen LogP contribution in [-0.2, 0) is 6.54 Å². The molecule has 1 aromatic heterocycles. The molecule has 31 heavy (non-hydrogen) atoms. The van der Waals surface area contributed by atoms with Crippen molar-refractivity contribution in [3.63, 3.8) is 0 Å². The van der Waals surface area contributed by atoms with Crippen molar-refractivity contribution in [2.75, 3.05) is 47.3 Å². The summed E-state index contributed by atoms with van der Waals surface area (Å²) in [6, 6.07) is 7.94. The number of benzene rings is 1. The second-order valence-corrected chi connectivity index (χ2v) is 9.50. The zero-order valence-electron chi connectivity index (χ0n) is 20.0. The number of aryl methyl sites for hydroxylation is 1. The molecule has 0 spiro atoms. The molecular weight excluding hydrogens is 388 g/mol. The minimum absolute atomic E-state index is 0.0266. The van der Waals surface area contributed by atoms with Gasteiger partial charge in [-0.15, -0.1) is 0 Å². The number of carbonyl (C=O) groups excluding carboxylic acids is 1. The third kappa shape index (κ3) is 5.34. The summed E-state index contributed by atoms with van der Waals surface area (Å²) in [5.74, 6) is 1.11. The lowest BCUT2D eigenvalue weighted by Crippen LogP contribution is -2.53. The van der Waals surface area contributed by atoms with E-state index in [0.29, 0.717) is 0 Å². The zero-order chi connectivity index (χ0) is 22.8. The molecular formula is C24H37N6O+. The molecule has 1 amide bonds. The number of piperazine rings is 1. The summed E-state index contributed by atoms with van der Waals surface area (Å²) in [7, 11) is 6.08. The Hall–Kier alpha value is -2.67. The fourth-order valence-electron chi connectivity index (χ4n) is 4.24. The van der Waals surface area contributed by atoms with Crippen LogP contribution in [0.1, 0.15) is 42.4 Å². The van der Waals surface area contributed by atoms with Crippen molar-refractivity contribution >= 4 is 22.8 Å². The van der Waals surface area contributed by atoms with E-state index in [0.717, 1.165) is 66.4 Å². The van der Waals surface area contributed by atoms with E-state index in [9.17, 15) is 4.79 Å². The van der Waals surface area contributed by atoms with E-state index in [-0.39, 0.29) is 11.4 Å². The van der Waals surface area contributed by atoms with Gasteiger partial charge in [0, 0.05) is 41.8 Å². The van der Waals surface area contributed by atoms with Crippen molar-refractivity contribution in [2.24, 2.45) is 0 Å². The van der Waals surface area contributed by atoms with Crippen molar-refractivity contribution in [3.8, 4) is 0 Å². The topological polar surface area (TPSA) is 63.5 Å². The van der Waals surface area contributed by atoms with E-state index in [1.807, 2.05) is 59.0 Å². The second kappa shape index (κ2) is 9.22. The molecule has 0 radical (unpaired) electrons. The number of aromatic nitrogens is 1. The van der Waals surface area contributed by atoms with Gasteiger partial charge in [0.2, 0.25) is 0 Å². The van der Waals surface area contributed by atoms with Gasteiger partial charge < -0.3 is 5.32 Å². The lowest BCUT2D eigenvalue weighted by molar-refractivity contribution is -0.472. The maximum atomic E-state index is 13.4. The third-order valence-corrected chi connectivity index (χ3v) is 5.62. The maximum Gasteiger partial charge on any atom is 0.347 e. The molecule has 2 heterocycles. The Balaban J connectivity index is 1.90. The van der Waals surface area contributed by atoms with Crippen LogP contribution in [0.25, 0.3) is 10.9 Å². The van der Waals surface area contributed by atoms with Crippen LogP contribution in [0.2, 0.25) is 0 Å². The minimum atomic E-state index is -0.302. The summed E-state index contributed by atoms with van der Waals surface area (Å²) in [4.78, 5) is 23.0. The van der Waals surface area contributed by atoms with Crippen molar-refractivity contribution in [1.82, 2.24) is 25.4 Å². The first-order chi connectivity index (χ1) is 14.6. The van der Waals surface area contributed by atoms with Crippen LogP contribution in [0.3, 0.4) is 0 Å². The number of fused-ring (bicyclic) bond motifs is 1. The molecule has 1 fully saturated rings. The van der Waals surface area contributed by atoms with Gasteiger partial charge in [-0.25, -0.2) is 0 Å². The van der Waals surface area contributed by atoms with Gasteiger partial charge in [-0.3, -0.25) is 29.5 Å². The van der Waals surface area contributed by atoms with Gasteiger partial charge >= 0.3 is 5.96 Å². The molecule has 7 heteroatoms. The number of hydrogen-bond acceptors (Lipinski definition) is 3. The SMILES string of the molecule is CNC(N1CCN(Cc2c(C)nc3ccccc3c2C(=O)NC(C)(C)C)CC1)=[N+](C)C.